The van der Waals surface area contributed by atoms with Crippen molar-refractivity contribution in [2.75, 3.05) is 0 Å². The van der Waals surface area contributed by atoms with Crippen molar-refractivity contribution in [3.8, 4) is 6.07 Å². The van der Waals surface area contributed by atoms with Crippen LogP contribution in [-0.4, -0.2) is 13.4 Å². The molecule has 1 heterocycles. The summed E-state index contributed by atoms with van der Waals surface area (Å²) >= 11 is 0. The first kappa shape index (κ1) is 12.7. The van der Waals surface area contributed by atoms with Gasteiger partial charge < -0.3 is 0 Å². The lowest BCUT2D eigenvalue weighted by Gasteiger charge is -2.07. The van der Waals surface area contributed by atoms with Crippen LogP contribution in [0.2, 0.25) is 0 Å². The Hall–Kier alpha value is -1.33. The van der Waals surface area contributed by atoms with Gasteiger partial charge in [0.2, 0.25) is 0 Å². The number of aromatic nitrogens is 1. The fourth-order valence-corrected chi connectivity index (χ4v) is 1.56. The Bertz CT molecular complexity index is 562. The Balaban J connectivity index is 3.53. The lowest BCUT2D eigenvalue weighted by Crippen LogP contribution is -2.08. The molecule has 1 aromatic heterocycles. The molecule has 0 aliphatic heterocycles. The predicted molar refractivity (Wildman–Crippen MR) is 47.0 cm³/mol. The van der Waals surface area contributed by atoms with Crippen molar-refractivity contribution in [2.45, 2.75) is 11.2 Å². The molecule has 0 saturated heterocycles. The second-order valence-electron chi connectivity index (χ2n) is 2.63. The van der Waals surface area contributed by atoms with E-state index in [1.54, 1.807) is 0 Å². The van der Waals surface area contributed by atoms with Crippen LogP contribution < -0.4 is 0 Å². The van der Waals surface area contributed by atoms with Crippen LogP contribution in [0.4, 0.5) is 13.2 Å². The predicted octanol–water partition coefficient (Wildman–Crippen LogP) is 1.90. The van der Waals surface area contributed by atoms with Crippen LogP contribution in [0.15, 0.2) is 17.2 Å². The Morgan fingerprint density at radius 3 is 2.31 bits per heavy atom. The average Bonchev–Trinajstić information content (AvgIpc) is 2.14. The normalized spacial score (nSPS) is 12.2. The van der Waals surface area contributed by atoms with Crippen molar-refractivity contribution in [1.82, 2.24) is 4.98 Å². The van der Waals surface area contributed by atoms with E-state index in [1.807, 2.05) is 0 Å². The summed E-state index contributed by atoms with van der Waals surface area (Å²) in [6, 6.07) is 2.02. The molecule has 0 amide bonds. The first-order valence-electron chi connectivity index (χ1n) is 3.58. The Labute approximate surface area is 92.7 Å². The van der Waals surface area contributed by atoms with Crippen molar-refractivity contribution in [3.63, 3.8) is 0 Å². The van der Waals surface area contributed by atoms with Gasteiger partial charge in [0, 0.05) is 10.7 Å². The second kappa shape index (κ2) is 3.92. The van der Waals surface area contributed by atoms with Crippen LogP contribution >= 0.6 is 10.7 Å². The van der Waals surface area contributed by atoms with E-state index in [-0.39, 0.29) is 6.07 Å². The highest BCUT2D eigenvalue weighted by Gasteiger charge is 2.33. The number of nitriles is 1. The summed E-state index contributed by atoms with van der Waals surface area (Å²) in [5, 5.41) is 7.40. The van der Waals surface area contributed by atoms with Crippen molar-refractivity contribution in [1.29, 1.82) is 5.26 Å². The molecule has 0 saturated carbocycles. The largest absolute Gasteiger partial charge is 0.416 e. The molecule has 9 heteroatoms. The molecule has 1 aromatic rings. The van der Waals surface area contributed by atoms with Crippen molar-refractivity contribution < 1.29 is 21.6 Å². The summed E-state index contributed by atoms with van der Waals surface area (Å²) in [7, 11) is 0.434. The molecular weight excluding hydrogens is 269 g/mol. The van der Waals surface area contributed by atoms with Gasteiger partial charge in [0.15, 0.2) is 5.03 Å². The molecule has 0 unspecified atom stereocenters. The zero-order valence-electron chi connectivity index (χ0n) is 7.29. The monoisotopic (exact) mass is 270 g/mol. The van der Waals surface area contributed by atoms with Crippen molar-refractivity contribution >= 4 is 19.7 Å². The van der Waals surface area contributed by atoms with E-state index in [1.165, 1.54) is 6.07 Å². The van der Waals surface area contributed by atoms with E-state index in [9.17, 15) is 21.6 Å². The summed E-state index contributed by atoms with van der Waals surface area (Å²) in [6.07, 6.45) is -4.77. The van der Waals surface area contributed by atoms with E-state index in [0.717, 1.165) is 0 Å². The molecule has 0 bridgehead atoms. The highest BCUT2D eigenvalue weighted by atomic mass is 35.7. The maximum Gasteiger partial charge on any atom is 0.416 e. The molecule has 0 aliphatic rings. The number of alkyl halides is 3. The van der Waals surface area contributed by atoms with Crippen LogP contribution in [-0.2, 0) is 15.2 Å². The maximum atomic E-state index is 12.3. The summed E-state index contributed by atoms with van der Waals surface area (Å²) in [5.41, 5.74) is -1.97. The zero-order valence-corrected chi connectivity index (χ0v) is 8.86. The standard InChI is InChI=1S/C7H2ClF3N2O2S/c8-16(14,15)6-2-4(7(9,10)11)1-5(3-12)13-6/h1-2H. The maximum absolute atomic E-state index is 12.3. The van der Waals surface area contributed by atoms with Crippen molar-refractivity contribution in [2.24, 2.45) is 0 Å². The van der Waals surface area contributed by atoms with Crippen LogP contribution in [0.25, 0.3) is 0 Å². The number of pyridine rings is 1. The summed E-state index contributed by atoms with van der Waals surface area (Å²) in [5.74, 6) is 0. The van der Waals surface area contributed by atoms with Gasteiger partial charge in [0.05, 0.1) is 5.56 Å². The third-order valence-electron chi connectivity index (χ3n) is 1.49. The minimum atomic E-state index is -4.77. The molecular formula is C7H2ClF3N2O2S. The van der Waals surface area contributed by atoms with Gasteiger partial charge in [0.25, 0.3) is 9.05 Å². The third-order valence-corrected chi connectivity index (χ3v) is 2.68. The van der Waals surface area contributed by atoms with E-state index in [4.69, 9.17) is 15.9 Å². The van der Waals surface area contributed by atoms with Gasteiger partial charge in [-0.3, -0.25) is 0 Å². The molecule has 0 N–H and O–H groups in total. The SMILES string of the molecule is N#Cc1cc(C(F)(F)F)cc(S(=O)(=O)Cl)n1. The number of hydrogen-bond acceptors (Lipinski definition) is 4. The number of hydrogen-bond donors (Lipinski definition) is 0. The average molecular weight is 271 g/mol. The first-order valence-corrected chi connectivity index (χ1v) is 5.89. The van der Waals surface area contributed by atoms with Crippen molar-refractivity contribution in [3.05, 3.63) is 23.4 Å². The fraction of sp³-hybridized carbons (Fsp3) is 0.143. The van der Waals surface area contributed by atoms with Gasteiger partial charge in [0.1, 0.15) is 11.8 Å². The lowest BCUT2D eigenvalue weighted by molar-refractivity contribution is -0.137. The van der Waals surface area contributed by atoms with Crippen LogP contribution in [0, 0.1) is 11.3 Å². The molecule has 0 aromatic carbocycles. The van der Waals surface area contributed by atoms with Gasteiger partial charge in [-0.1, -0.05) is 0 Å². The summed E-state index contributed by atoms with van der Waals surface area (Å²) in [4.78, 5) is 3.16. The molecule has 0 spiro atoms. The highest BCUT2D eigenvalue weighted by molar-refractivity contribution is 8.13. The number of halogens is 4. The molecule has 0 aliphatic carbocycles. The molecule has 0 fully saturated rings. The quantitative estimate of drug-likeness (QED) is 0.731. The Morgan fingerprint density at radius 1 is 1.38 bits per heavy atom. The fourth-order valence-electron chi connectivity index (χ4n) is 0.851. The van der Waals surface area contributed by atoms with E-state index < -0.39 is 31.5 Å². The molecule has 1 rings (SSSR count). The minimum absolute atomic E-state index is 0.267. The molecule has 86 valence electrons. The minimum Gasteiger partial charge on any atom is -0.224 e. The lowest BCUT2D eigenvalue weighted by atomic mass is 10.2. The smallest absolute Gasteiger partial charge is 0.224 e. The molecule has 0 atom stereocenters. The third kappa shape index (κ3) is 2.84. The van der Waals surface area contributed by atoms with Gasteiger partial charge in [-0.15, -0.1) is 0 Å². The highest BCUT2D eigenvalue weighted by Crippen LogP contribution is 2.31. The van der Waals surface area contributed by atoms with E-state index >= 15 is 0 Å². The van der Waals surface area contributed by atoms with Gasteiger partial charge in [-0.25, -0.2) is 13.4 Å². The number of nitrogens with zero attached hydrogens (tertiary/aromatic N) is 2. The Kier molecular flexibility index (Phi) is 3.12. The van der Waals surface area contributed by atoms with Gasteiger partial charge >= 0.3 is 6.18 Å². The van der Waals surface area contributed by atoms with Crippen LogP contribution in [0.5, 0.6) is 0 Å². The zero-order chi connectivity index (χ0) is 12.6. The second-order valence-corrected chi connectivity index (χ2v) is 5.14. The summed E-state index contributed by atoms with van der Waals surface area (Å²) in [6.45, 7) is 0. The topological polar surface area (TPSA) is 70.8 Å². The molecule has 0 radical (unpaired) electrons. The number of rotatable bonds is 1. The Morgan fingerprint density at radius 2 is 1.94 bits per heavy atom. The van der Waals surface area contributed by atoms with Gasteiger partial charge in [-0.2, -0.15) is 18.4 Å². The van der Waals surface area contributed by atoms with E-state index in [2.05, 4.69) is 4.98 Å². The first-order chi connectivity index (χ1) is 7.14. The summed E-state index contributed by atoms with van der Waals surface area (Å²) < 4.78 is 58.5. The van der Waals surface area contributed by atoms with Gasteiger partial charge in [-0.05, 0) is 12.1 Å². The van der Waals surface area contributed by atoms with Crippen LogP contribution in [0.1, 0.15) is 11.3 Å². The van der Waals surface area contributed by atoms with Crippen LogP contribution in [0.3, 0.4) is 0 Å². The van der Waals surface area contributed by atoms with E-state index in [0.29, 0.717) is 6.07 Å². The molecule has 4 nitrogen and oxygen atoms in total. The molecule has 16 heavy (non-hydrogen) atoms.